The number of hydrogen-bond acceptors (Lipinski definition) is 5. The van der Waals surface area contributed by atoms with Crippen molar-refractivity contribution >= 4 is 22.6 Å². The summed E-state index contributed by atoms with van der Waals surface area (Å²) in [4.78, 5) is 29.8. The number of carbonyl (C=O) groups excluding carboxylic acids is 2. The van der Waals surface area contributed by atoms with Crippen LogP contribution in [0.3, 0.4) is 0 Å². The Morgan fingerprint density at radius 2 is 1.94 bits per heavy atom. The minimum atomic E-state index is -0.562. The zero-order valence-electron chi connectivity index (χ0n) is 18.2. The number of benzene rings is 2. The number of carbonyl (C=O) groups is 2. The molecule has 0 spiro atoms. The first-order valence-electron chi connectivity index (χ1n) is 10.3. The Hall–Kier alpha value is -3.41. The zero-order valence-corrected chi connectivity index (χ0v) is 18.2. The van der Waals surface area contributed by atoms with Gasteiger partial charge in [0, 0.05) is 23.3 Å². The molecule has 1 aliphatic rings. The fourth-order valence-electron chi connectivity index (χ4n) is 4.05. The molecule has 0 saturated heterocycles. The Kier molecular flexibility index (Phi) is 5.39. The summed E-state index contributed by atoms with van der Waals surface area (Å²) in [7, 11) is 1.55. The summed E-state index contributed by atoms with van der Waals surface area (Å²) in [6.07, 6.45) is 4.49. The molecule has 160 valence electrons. The quantitative estimate of drug-likeness (QED) is 0.604. The van der Waals surface area contributed by atoms with Crippen molar-refractivity contribution in [2.24, 2.45) is 0 Å². The molecule has 2 aromatic carbocycles. The number of alkyl carbamates (subject to hydrolysis) is 1. The summed E-state index contributed by atoms with van der Waals surface area (Å²) in [5.41, 5.74) is 2.56. The Morgan fingerprint density at radius 1 is 1.13 bits per heavy atom. The molecule has 0 bridgehead atoms. The third kappa shape index (κ3) is 4.24. The van der Waals surface area contributed by atoms with E-state index in [9.17, 15) is 9.59 Å². The summed E-state index contributed by atoms with van der Waals surface area (Å²) in [6, 6.07) is 11.1. The number of nitrogens with zero attached hydrogens (tertiary/aromatic N) is 1. The summed E-state index contributed by atoms with van der Waals surface area (Å²) >= 11 is 0. The van der Waals surface area contributed by atoms with Gasteiger partial charge in [0.25, 0.3) is 0 Å². The van der Waals surface area contributed by atoms with Gasteiger partial charge in [0.2, 0.25) is 0 Å². The molecule has 1 unspecified atom stereocenters. The minimum Gasteiger partial charge on any atom is -0.496 e. The van der Waals surface area contributed by atoms with Crippen molar-refractivity contribution in [2.45, 2.75) is 45.3 Å². The SMILES string of the molecule is COc1cc2c(cc1C(=O)c1cccc3cnccc13)CCC2NC(=O)OC(C)(C)C. The predicted molar refractivity (Wildman–Crippen MR) is 119 cm³/mol. The number of fused-ring (bicyclic) bond motifs is 2. The van der Waals surface area contributed by atoms with Crippen molar-refractivity contribution in [3.63, 3.8) is 0 Å². The second-order valence-electron chi connectivity index (χ2n) is 8.72. The number of pyridine rings is 1. The molecule has 0 saturated carbocycles. The van der Waals surface area contributed by atoms with Gasteiger partial charge in [-0.3, -0.25) is 9.78 Å². The van der Waals surface area contributed by atoms with Crippen LogP contribution in [0.5, 0.6) is 5.75 Å². The summed E-state index contributed by atoms with van der Waals surface area (Å²) in [6.45, 7) is 5.50. The van der Waals surface area contributed by atoms with Gasteiger partial charge < -0.3 is 14.8 Å². The van der Waals surface area contributed by atoms with Gasteiger partial charge in [-0.2, -0.15) is 0 Å². The Labute approximate surface area is 181 Å². The number of aromatic nitrogens is 1. The summed E-state index contributed by atoms with van der Waals surface area (Å²) in [5.74, 6) is 0.396. The molecule has 6 heteroatoms. The van der Waals surface area contributed by atoms with Crippen molar-refractivity contribution in [2.75, 3.05) is 7.11 Å². The molecule has 1 aromatic heterocycles. The molecular formula is C25H26N2O4. The second-order valence-corrected chi connectivity index (χ2v) is 8.72. The molecule has 6 nitrogen and oxygen atoms in total. The normalized spacial score (nSPS) is 15.4. The first kappa shape index (κ1) is 20.8. The predicted octanol–water partition coefficient (Wildman–Crippen LogP) is 4.99. The van der Waals surface area contributed by atoms with Crippen LogP contribution in [-0.4, -0.2) is 29.6 Å². The van der Waals surface area contributed by atoms with E-state index in [1.165, 1.54) is 0 Å². The monoisotopic (exact) mass is 418 g/mol. The zero-order chi connectivity index (χ0) is 22.2. The summed E-state index contributed by atoms with van der Waals surface area (Å²) < 4.78 is 11.0. The molecule has 1 N–H and O–H groups in total. The summed E-state index contributed by atoms with van der Waals surface area (Å²) in [5, 5.41) is 4.71. The average Bonchev–Trinajstić information content (AvgIpc) is 3.12. The number of ether oxygens (including phenoxy) is 2. The van der Waals surface area contributed by atoms with Gasteiger partial charge in [0.1, 0.15) is 11.4 Å². The maximum atomic E-state index is 13.5. The van der Waals surface area contributed by atoms with Gasteiger partial charge in [-0.25, -0.2) is 4.79 Å². The Bertz CT molecular complexity index is 1160. The van der Waals surface area contributed by atoms with Crippen LogP contribution in [0.4, 0.5) is 4.79 Å². The molecule has 4 rings (SSSR count). The van der Waals surface area contributed by atoms with Crippen LogP contribution >= 0.6 is 0 Å². The van der Waals surface area contributed by atoms with E-state index in [4.69, 9.17) is 9.47 Å². The highest BCUT2D eigenvalue weighted by Crippen LogP contribution is 2.37. The number of amides is 1. The van der Waals surface area contributed by atoms with Crippen molar-refractivity contribution < 1.29 is 19.1 Å². The Balaban J connectivity index is 1.67. The van der Waals surface area contributed by atoms with Crippen LogP contribution in [0.25, 0.3) is 10.8 Å². The number of methoxy groups -OCH3 is 1. The molecular weight excluding hydrogens is 392 g/mol. The maximum absolute atomic E-state index is 13.5. The highest BCUT2D eigenvalue weighted by molar-refractivity contribution is 6.17. The van der Waals surface area contributed by atoms with Gasteiger partial charge in [-0.15, -0.1) is 0 Å². The van der Waals surface area contributed by atoms with Crippen molar-refractivity contribution in [1.29, 1.82) is 0 Å². The van der Waals surface area contributed by atoms with E-state index in [2.05, 4.69) is 10.3 Å². The first-order valence-corrected chi connectivity index (χ1v) is 10.3. The van der Waals surface area contributed by atoms with Crippen LogP contribution in [0.15, 0.2) is 48.8 Å². The van der Waals surface area contributed by atoms with E-state index in [1.807, 2.05) is 57.2 Å². The third-order valence-electron chi connectivity index (χ3n) is 5.40. The standard InChI is InChI=1S/C25H26N2O4/c1-25(2,3)31-24(29)27-21-9-8-15-12-20(22(30-4)13-19(15)21)23(28)18-7-5-6-16-14-26-11-10-17(16)18/h5-7,10-14,21H,8-9H2,1-4H3,(H,27,29). The van der Waals surface area contributed by atoms with Gasteiger partial charge in [-0.05, 0) is 68.3 Å². The van der Waals surface area contributed by atoms with Crippen molar-refractivity contribution in [3.8, 4) is 5.75 Å². The average molecular weight is 418 g/mol. The van der Waals surface area contributed by atoms with E-state index in [0.29, 0.717) is 16.9 Å². The fraction of sp³-hybridized carbons (Fsp3) is 0.320. The molecule has 1 aliphatic carbocycles. The smallest absolute Gasteiger partial charge is 0.408 e. The lowest BCUT2D eigenvalue weighted by molar-refractivity contribution is 0.0503. The van der Waals surface area contributed by atoms with E-state index in [-0.39, 0.29) is 11.8 Å². The van der Waals surface area contributed by atoms with Crippen molar-refractivity contribution in [3.05, 3.63) is 71.0 Å². The topological polar surface area (TPSA) is 77.5 Å². The van der Waals surface area contributed by atoms with Crippen LogP contribution in [0.2, 0.25) is 0 Å². The first-order chi connectivity index (χ1) is 14.8. The highest BCUT2D eigenvalue weighted by Gasteiger charge is 2.29. The van der Waals surface area contributed by atoms with Gasteiger partial charge in [0.05, 0.1) is 18.7 Å². The largest absolute Gasteiger partial charge is 0.496 e. The van der Waals surface area contributed by atoms with Gasteiger partial charge in [-0.1, -0.05) is 18.2 Å². The van der Waals surface area contributed by atoms with E-state index >= 15 is 0 Å². The van der Waals surface area contributed by atoms with Crippen LogP contribution in [0.1, 0.15) is 60.3 Å². The van der Waals surface area contributed by atoms with E-state index in [1.54, 1.807) is 19.5 Å². The van der Waals surface area contributed by atoms with Crippen LogP contribution in [-0.2, 0) is 11.2 Å². The minimum absolute atomic E-state index is 0.0972. The highest BCUT2D eigenvalue weighted by atomic mass is 16.6. The van der Waals surface area contributed by atoms with E-state index in [0.717, 1.165) is 34.7 Å². The molecule has 1 heterocycles. The fourth-order valence-corrected chi connectivity index (χ4v) is 4.05. The number of rotatable bonds is 4. The lowest BCUT2D eigenvalue weighted by Crippen LogP contribution is -2.34. The molecule has 0 fully saturated rings. The molecule has 3 aromatic rings. The van der Waals surface area contributed by atoms with Crippen molar-refractivity contribution in [1.82, 2.24) is 10.3 Å². The number of ketones is 1. The Morgan fingerprint density at radius 3 is 2.68 bits per heavy atom. The number of aryl methyl sites for hydroxylation is 1. The van der Waals surface area contributed by atoms with Crippen LogP contribution in [0, 0.1) is 0 Å². The lowest BCUT2D eigenvalue weighted by Gasteiger charge is -2.22. The third-order valence-corrected chi connectivity index (χ3v) is 5.40. The molecule has 1 amide bonds. The molecule has 0 aliphatic heterocycles. The van der Waals surface area contributed by atoms with Crippen LogP contribution < -0.4 is 10.1 Å². The lowest BCUT2D eigenvalue weighted by atomic mass is 9.95. The van der Waals surface area contributed by atoms with Gasteiger partial charge >= 0.3 is 6.09 Å². The molecule has 1 atom stereocenters. The molecule has 31 heavy (non-hydrogen) atoms. The van der Waals surface area contributed by atoms with Gasteiger partial charge in [0.15, 0.2) is 5.78 Å². The maximum Gasteiger partial charge on any atom is 0.408 e. The van der Waals surface area contributed by atoms with E-state index < -0.39 is 11.7 Å². The molecule has 0 radical (unpaired) electrons. The number of hydrogen-bond donors (Lipinski definition) is 1. The second kappa shape index (κ2) is 8.02. The number of nitrogens with one attached hydrogen (secondary N) is 1.